The molecular formula is H7O7Re-7. The fraction of sp³-hybridized carbons (Fsp3) is 0. The van der Waals surface area contributed by atoms with Gasteiger partial charge in [-0.3, -0.25) is 0 Å². The average Bonchev–Trinajstić information content (AvgIpc) is 0. The first-order valence-corrected chi connectivity index (χ1v) is 0. The molecule has 0 aliphatic carbocycles. The first-order valence-electron chi connectivity index (χ1n) is 0. The van der Waals surface area contributed by atoms with Crippen LogP contribution in [0.1, 0.15) is 0 Å². The summed E-state index contributed by atoms with van der Waals surface area (Å²) in [4.78, 5) is 0. The molecule has 1 radical (unpaired) electrons. The summed E-state index contributed by atoms with van der Waals surface area (Å²) in [5.41, 5.74) is 0. The van der Waals surface area contributed by atoms with Crippen molar-refractivity contribution in [2.45, 2.75) is 0 Å². The molecule has 0 rings (SSSR count). The van der Waals surface area contributed by atoms with Crippen molar-refractivity contribution in [3.63, 3.8) is 0 Å². The molecule has 8 heteroatoms. The van der Waals surface area contributed by atoms with E-state index in [4.69, 9.17) is 0 Å². The second-order valence-electron chi connectivity index (χ2n) is 0. The third-order valence-electron chi connectivity index (χ3n) is 0. The topological polar surface area (TPSA) is 210 Å². The quantitative estimate of drug-likeness (QED) is 0.530. The Hall–Kier alpha value is 0.382. The molecule has 0 bridgehead atoms. The summed E-state index contributed by atoms with van der Waals surface area (Å²) >= 11 is 0. The van der Waals surface area contributed by atoms with Crippen molar-refractivity contribution in [3.05, 3.63) is 0 Å². The Morgan fingerprint density at radius 3 is 0.250 bits per heavy atom. The standard InChI is InChI=1S/7H2O.Re/h7*1H2;/p-7. The molecule has 0 unspecified atom stereocenters. The Labute approximate surface area is 59.5 Å². The molecule has 8 heavy (non-hydrogen) atoms. The Bertz CT molecular complexity index is 4.35. The zero-order chi connectivity index (χ0) is 0. The van der Waals surface area contributed by atoms with Crippen molar-refractivity contribution in [2.75, 3.05) is 0 Å². The van der Waals surface area contributed by atoms with Crippen LogP contribution in [0.15, 0.2) is 0 Å². The summed E-state index contributed by atoms with van der Waals surface area (Å²) in [5.74, 6) is 0. The minimum Gasteiger partial charge on any atom is -0.870 e. The van der Waals surface area contributed by atoms with Crippen molar-refractivity contribution in [2.24, 2.45) is 0 Å². The molecule has 0 saturated heterocycles. The molecule has 0 aromatic rings. The van der Waals surface area contributed by atoms with Crippen LogP contribution < -0.4 is 0 Å². The summed E-state index contributed by atoms with van der Waals surface area (Å²) in [6.45, 7) is 0. The van der Waals surface area contributed by atoms with Crippen LogP contribution in [0.2, 0.25) is 0 Å². The molecular weight excluding hydrogens is 298 g/mol. The predicted molar refractivity (Wildman–Crippen MR) is 13.6 cm³/mol. The van der Waals surface area contributed by atoms with Crippen LogP contribution >= 0.6 is 0 Å². The van der Waals surface area contributed by atoms with Gasteiger partial charge in [-0.05, 0) is 0 Å². The van der Waals surface area contributed by atoms with E-state index in [1.807, 2.05) is 0 Å². The minimum absolute atomic E-state index is 0. The van der Waals surface area contributed by atoms with Gasteiger partial charge in [0, 0.05) is 20.4 Å². The summed E-state index contributed by atoms with van der Waals surface area (Å²) < 4.78 is 0. The van der Waals surface area contributed by atoms with Crippen molar-refractivity contribution in [3.8, 4) is 0 Å². The van der Waals surface area contributed by atoms with Gasteiger partial charge in [0.15, 0.2) is 0 Å². The van der Waals surface area contributed by atoms with Gasteiger partial charge in [-0.15, -0.1) is 0 Å². The van der Waals surface area contributed by atoms with E-state index < -0.39 is 0 Å². The first-order chi connectivity index (χ1) is 0. The summed E-state index contributed by atoms with van der Waals surface area (Å²) in [6.07, 6.45) is 0. The van der Waals surface area contributed by atoms with E-state index in [1.165, 1.54) is 0 Å². The van der Waals surface area contributed by atoms with Crippen molar-refractivity contribution < 1.29 is 58.8 Å². The third kappa shape index (κ3) is 1260. The van der Waals surface area contributed by atoms with Gasteiger partial charge in [-0.2, -0.15) is 0 Å². The normalized spacial score (nSPS) is 0. The summed E-state index contributed by atoms with van der Waals surface area (Å²) in [5, 5.41) is 0. The molecule has 0 spiro atoms. The van der Waals surface area contributed by atoms with Crippen molar-refractivity contribution in [1.29, 1.82) is 0 Å². The molecule has 0 fully saturated rings. The minimum atomic E-state index is 0. The molecule has 0 heterocycles. The van der Waals surface area contributed by atoms with Crippen LogP contribution in [-0.2, 0) is 20.4 Å². The molecule has 0 amide bonds. The monoisotopic (exact) mass is 306 g/mol. The number of hydrogen-bond donors (Lipinski definition) is 0. The van der Waals surface area contributed by atoms with E-state index in [0.29, 0.717) is 0 Å². The van der Waals surface area contributed by atoms with Gasteiger partial charge >= 0.3 is 0 Å². The maximum absolute atomic E-state index is 0. The number of hydrogen-bond acceptors (Lipinski definition) is 7. The van der Waals surface area contributed by atoms with E-state index in [0.717, 1.165) is 0 Å². The first kappa shape index (κ1) is 3130. The molecule has 0 aliphatic heterocycles. The van der Waals surface area contributed by atoms with E-state index >= 15 is 0 Å². The number of rotatable bonds is 0. The van der Waals surface area contributed by atoms with Crippen LogP contribution in [0.5, 0.6) is 0 Å². The van der Waals surface area contributed by atoms with Crippen LogP contribution in [0.3, 0.4) is 0 Å². The van der Waals surface area contributed by atoms with E-state index in [9.17, 15) is 0 Å². The van der Waals surface area contributed by atoms with E-state index in [-0.39, 0.29) is 58.8 Å². The molecule has 0 aromatic carbocycles. The Balaban J connectivity index is 0. The van der Waals surface area contributed by atoms with Crippen LogP contribution in [0.25, 0.3) is 0 Å². The summed E-state index contributed by atoms with van der Waals surface area (Å²) in [6, 6.07) is 0. The van der Waals surface area contributed by atoms with Gasteiger partial charge in [0.2, 0.25) is 0 Å². The Morgan fingerprint density at radius 1 is 0.250 bits per heavy atom. The molecule has 0 saturated carbocycles. The van der Waals surface area contributed by atoms with Gasteiger partial charge < -0.3 is 38.3 Å². The van der Waals surface area contributed by atoms with Crippen LogP contribution in [-0.4, -0.2) is 38.3 Å². The second-order valence-corrected chi connectivity index (χ2v) is 0. The third-order valence-corrected chi connectivity index (χ3v) is 0. The molecule has 7 N–H and O–H groups in total. The molecule has 7 nitrogen and oxygen atoms in total. The Kier molecular flexibility index (Phi) is 804000. The van der Waals surface area contributed by atoms with Gasteiger partial charge in [0.25, 0.3) is 0 Å². The smallest absolute Gasteiger partial charge is 0 e. The van der Waals surface area contributed by atoms with Crippen molar-refractivity contribution >= 4 is 0 Å². The molecule has 0 atom stereocenters. The summed E-state index contributed by atoms with van der Waals surface area (Å²) in [7, 11) is 0. The van der Waals surface area contributed by atoms with Crippen LogP contribution in [0, 0.1) is 0 Å². The zero-order valence-electron chi connectivity index (χ0n) is 3.51. The second kappa shape index (κ2) is 2060. The van der Waals surface area contributed by atoms with Gasteiger partial charge in [0.1, 0.15) is 0 Å². The van der Waals surface area contributed by atoms with E-state index in [2.05, 4.69) is 0 Å². The predicted octanol–water partition coefficient (Wildman–Crippen LogP) is -1.24. The molecule has 0 aromatic heterocycles. The molecule has 63 valence electrons. The van der Waals surface area contributed by atoms with Gasteiger partial charge in [0.05, 0.1) is 0 Å². The fourth-order valence-corrected chi connectivity index (χ4v) is 0. The maximum atomic E-state index is 0. The SMILES string of the molecule is [OH-].[OH-].[OH-].[OH-].[OH-].[OH-].[OH-].[Re]. The average molecular weight is 305 g/mol. The largest absolute Gasteiger partial charge is 0.870 e. The Morgan fingerprint density at radius 2 is 0.250 bits per heavy atom. The maximum Gasteiger partial charge on any atom is 0 e. The molecule has 0 aliphatic rings. The zero-order valence-corrected chi connectivity index (χ0v) is 6.22. The van der Waals surface area contributed by atoms with Gasteiger partial charge in [-0.1, -0.05) is 0 Å². The van der Waals surface area contributed by atoms with Crippen molar-refractivity contribution in [1.82, 2.24) is 0 Å². The van der Waals surface area contributed by atoms with Gasteiger partial charge in [-0.25, -0.2) is 0 Å². The van der Waals surface area contributed by atoms with Crippen LogP contribution in [0.4, 0.5) is 0 Å². The van der Waals surface area contributed by atoms with E-state index in [1.54, 1.807) is 0 Å². The fourth-order valence-electron chi connectivity index (χ4n) is 0.